The van der Waals surface area contributed by atoms with Crippen LogP contribution in [0.1, 0.15) is 40.4 Å². The highest BCUT2D eigenvalue weighted by Crippen LogP contribution is 2.41. The minimum atomic E-state index is -1.25. The lowest BCUT2D eigenvalue weighted by molar-refractivity contribution is -0.139. The number of aromatic carboxylic acids is 1. The Kier molecular flexibility index (Phi) is 7.13. The third-order valence-corrected chi connectivity index (χ3v) is 7.31. The second-order valence-electron chi connectivity index (χ2n) is 8.41. The van der Waals surface area contributed by atoms with Gasteiger partial charge in [0.1, 0.15) is 12.3 Å². The van der Waals surface area contributed by atoms with Gasteiger partial charge in [-0.1, -0.05) is 17.7 Å². The summed E-state index contributed by atoms with van der Waals surface area (Å²) in [4.78, 5) is 39.2. The van der Waals surface area contributed by atoms with E-state index in [0.29, 0.717) is 36.1 Å². The van der Waals surface area contributed by atoms with E-state index in [1.807, 2.05) is 0 Å². The SMILES string of the molecule is CCOC(=O)C1=C(C2CCN(c3nc(C(=O)O)co3)C2)NC(c2nccs2)=NC1c1ccc(F)c(F)c1Cl. The van der Waals surface area contributed by atoms with Crippen molar-refractivity contribution < 1.29 is 32.6 Å². The number of carboxylic acids is 1. The number of oxazole rings is 1. The van der Waals surface area contributed by atoms with Gasteiger partial charge in [-0.25, -0.2) is 23.4 Å². The highest BCUT2D eigenvalue weighted by Gasteiger charge is 2.40. The number of esters is 1. The molecule has 0 amide bonds. The zero-order valence-electron chi connectivity index (χ0n) is 19.8. The van der Waals surface area contributed by atoms with Crippen LogP contribution in [0.4, 0.5) is 14.8 Å². The topological polar surface area (TPSA) is 130 Å². The Morgan fingerprint density at radius 1 is 1.37 bits per heavy atom. The normalized spacial score (nSPS) is 19.4. The van der Waals surface area contributed by atoms with Crippen LogP contribution in [0.15, 0.2) is 50.7 Å². The van der Waals surface area contributed by atoms with E-state index in [1.165, 1.54) is 17.4 Å². The van der Waals surface area contributed by atoms with Gasteiger partial charge in [-0.15, -0.1) is 11.3 Å². The molecule has 2 atom stereocenters. The van der Waals surface area contributed by atoms with Gasteiger partial charge in [0, 0.05) is 41.8 Å². The van der Waals surface area contributed by atoms with Crippen molar-refractivity contribution >= 4 is 46.7 Å². The Hall–Kier alpha value is -3.84. The van der Waals surface area contributed by atoms with Crippen LogP contribution in [0.25, 0.3) is 0 Å². The maximum absolute atomic E-state index is 14.5. The highest BCUT2D eigenvalue weighted by molar-refractivity contribution is 7.11. The van der Waals surface area contributed by atoms with Gasteiger partial charge in [0.25, 0.3) is 6.01 Å². The number of amidine groups is 1. The Bertz CT molecular complexity index is 1460. The number of ether oxygens (including phenoxy) is 1. The number of hydrogen-bond donors (Lipinski definition) is 2. The first kappa shape index (κ1) is 25.8. The molecule has 5 rings (SSSR count). The number of carbonyl (C=O) groups excluding carboxylic acids is 1. The van der Waals surface area contributed by atoms with Crippen molar-refractivity contribution in [2.45, 2.75) is 19.4 Å². The fourth-order valence-electron chi connectivity index (χ4n) is 4.42. The maximum atomic E-state index is 14.5. The number of thiazole rings is 1. The predicted molar refractivity (Wildman–Crippen MR) is 133 cm³/mol. The molecule has 0 spiro atoms. The van der Waals surface area contributed by atoms with E-state index in [9.17, 15) is 23.5 Å². The van der Waals surface area contributed by atoms with Crippen LogP contribution in [-0.4, -0.2) is 52.5 Å². The molecule has 0 bridgehead atoms. The summed E-state index contributed by atoms with van der Waals surface area (Å²) in [6.45, 7) is 2.49. The monoisotopic (exact) mass is 563 g/mol. The summed E-state index contributed by atoms with van der Waals surface area (Å²) in [5, 5.41) is 14.2. The summed E-state index contributed by atoms with van der Waals surface area (Å²) in [6, 6.07) is 1.24. The summed E-state index contributed by atoms with van der Waals surface area (Å²) in [7, 11) is 0. The Morgan fingerprint density at radius 2 is 2.18 bits per heavy atom. The van der Waals surface area contributed by atoms with E-state index >= 15 is 0 Å². The maximum Gasteiger partial charge on any atom is 0.357 e. The van der Waals surface area contributed by atoms with Crippen molar-refractivity contribution in [2.75, 3.05) is 24.6 Å². The van der Waals surface area contributed by atoms with E-state index in [0.717, 1.165) is 12.3 Å². The quantitative estimate of drug-likeness (QED) is 0.321. The largest absolute Gasteiger partial charge is 0.476 e. The number of carbonyl (C=O) groups is 2. The van der Waals surface area contributed by atoms with Gasteiger partial charge in [0.2, 0.25) is 0 Å². The van der Waals surface area contributed by atoms with Crippen LogP contribution in [0.3, 0.4) is 0 Å². The fourth-order valence-corrected chi connectivity index (χ4v) is 5.27. The van der Waals surface area contributed by atoms with Gasteiger partial charge in [0.15, 0.2) is 28.2 Å². The molecule has 2 aliphatic heterocycles. The minimum absolute atomic E-state index is 0.0714. The summed E-state index contributed by atoms with van der Waals surface area (Å²) in [5.74, 6) is -4.26. The fraction of sp³-hybridized carbons (Fsp3) is 0.292. The van der Waals surface area contributed by atoms with Crippen molar-refractivity contribution in [2.24, 2.45) is 10.9 Å². The molecule has 3 aromatic rings. The molecule has 0 aliphatic carbocycles. The molecule has 14 heteroatoms. The molecule has 10 nitrogen and oxygen atoms in total. The van der Waals surface area contributed by atoms with Crippen molar-refractivity contribution in [1.82, 2.24) is 15.3 Å². The van der Waals surface area contributed by atoms with Crippen molar-refractivity contribution in [3.63, 3.8) is 0 Å². The lowest BCUT2D eigenvalue weighted by Crippen LogP contribution is -2.38. The van der Waals surface area contributed by atoms with Gasteiger partial charge in [-0.05, 0) is 19.4 Å². The molecule has 4 heterocycles. The average molecular weight is 564 g/mol. The van der Waals surface area contributed by atoms with Gasteiger partial charge in [-0.3, -0.25) is 4.99 Å². The molecule has 2 aromatic heterocycles. The van der Waals surface area contributed by atoms with Crippen LogP contribution in [-0.2, 0) is 9.53 Å². The third-order valence-electron chi connectivity index (χ3n) is 6.14. The number of aromatic nitrogens is 2. The molecule has 38 heavy (non-hydrogen) atoms. The Morgan fingerprint density at radius 3 is 2.87 bits per heavy atom. The van der Waals surface area contributed by atoms with Gasteiger partial charge in [-0.2, -0.15) is 4.98 Å². The number of halogens is 3. The summed E-state index contributed by atoms with van der Waals surface area (Å²) >= 11 is 7.52. The van der Waals surface area contributed by atoms with Gasteiger partial charge in [0.05, 0.1) is 17.2 Å². The number of anilines is 1. The Balaban J connectivity index is 1.60. The van der Waals surface area contributed by atoms with E-state index in [-0.39, 0.29) is 35.4 Å². The first-order valence-corrected chi connectivity index (χ1v) is 12.8. The molecule has 2 aliphatic rings. The number of nitrogens with zero attached hydrogens (tertiary/aromatic N) is 4. The van der Waals surface area contributed by atoms with E-state index in [4.69, 9.17) is 20.8 Å². The number of aliphatic imine (C=N–C) groups is 1. The smallest absolute Gasteiger partial charge is 0.357 e. The molecular weight excluding hydrogens is 544 g/mol. The molecule has 0 saturated carbocycles. The van der Waals surface area contributed by atoms with Crippen molar-refractivity contribution in [3.05, 3.63) is 74.2 Å². The molecule has 2 N–H and O–H groups in total. The third kappa shape index (κ3) is 4.74. The molecule has 1 saturated heterocycles. The highest BCUT2D eigenvalue weighted by atomic mass is 35.5. The van der Waals surface area contributed by atoms with Crippen molar-refractivity contribution in [1.29, 1.82) is 0 Å². The predicted octanol–water partition coefficient (Wildman–Crippen LogP) is 4.20. The van der Waals surface area contributed by atoms with Crippen LogP contribution >= 0.6 is 22.9 Å². The molecule has 1 aromatic carbocycles. The molecule has 2 unspecified atom stereocenters. The summed E-state index contributed by atoms with van der Waals surface area (Å²) < 4.78 is 39.1. The average Bonchev–Trinajstić information content (AvgIpc) is 3.68. The number of nitrogens with one attached hydrogen (secondary N) is 1. The summed E-state index contributed by atoms with van der Waals surface area (Å²) in [5.41, 5.74) is 0.430. The second kappa shape index (κ2) is 10.5. The van der Waals surface area contributed by atoms with E-state index < -0.39 is 34.6 Å². The lowest BCUT2D eigenvalue weighted by Gasteiger charge is -2.30. The number of benzene rings is 1. The zero-order valence-corrected chi connectivity index (χ0v) is 21.4. The summed E-state index contributed by atoms with van der Waals surface area (Å²) in [6.07, 6.45) is 3.18. The number of rotatable bonds is 7. The first-order valence-electron chi connectivity index (χ1n) is 11.5. The molecule has 0 radical (unpaired) electrons. The zero-order chi connectivity index (χ0) is 27.0. The van der Waals surface area contributed by atoms with Crippen LogP contribution in [0.2, 0.25) is 5.02 Å². The first-order chi connectivity index (χ1) is 18.3. The van der Waals surface area contributed by atoms with Gasteiger partial charge < -0.3 is 24.5 Å². The molecule has 1 fully saturated rings. The standard InChI is InChI=1S/C24H20ClF2N5O5S/c1-2-36-23(35)15-18(11-5-7-32(9-11)24-29-14(10-37-24)22(33)34)30-20(21-28-6-8-38-21)31-19(15)12-3-4-13(26)17(27)16(12)25/h3-4,6,8,10-11,19H,2,5,7,9H2,1H3,(H,30,31)(H,33,34). The van der Waals surface area contributed by atoms with Crippen LogP contribution in [0.5, 0.6) is 0 Å². The van der Waals surface area contributed by atoms with Gasteiger partial charge >= 0.3 is 11.9 Å². The van der Waals surface area contributed by atoms with Crippen LogP contribution < -0.4 is 10.2 Å². The second-order valence-corrected chi connectivity index (χ2v) is 9.68. The lowest BCUT2D eigenvalue weighted by atomic mass is 9.90. The number of carboxylic acid groups (broad SMARTS) is 1. The minimum Gasteiger partial charge on any atom is -0.476 e. The molecule has 198 valence electrons. The number of hydrogen-bond acceptors (Lipinski definition) is 10. The Labute approximate surface area is 223 Å². The van der Waals surface area contributed by atoms with E-state index in [2.05, 4.69) is 20.3 Å². The molecular formula is C24H20ClF2N5O5S. The van der Waals surface area contributed by atoms with Crippen LogP contribution in [0, 0.1) is 17.6 Å². The van der Waals surface area contributed by atoms with Crippen molar-refractivity contribution in [3.8, 4) is 0 Å². The van der Waals surface area contributed by atoms with E-state index in [1.54, 1.807) is 23.4 Å².